The molecule has 0 saturated carbocycles. The quantitative estimate of drug-likeness (QED) is 0.936. The van der Waals surface area contributed by atoms with Gasteiger partial charge in [-0.05, 0) is 11.6 Å². The van der Waals surface area contributed by atoms with E-state index in [1.54, 1.807) is 23.4 Å². The van der Waals surface area contributed by atoms with E-state index >= 15 is 0 Å². The molecular weight excluding hydrogens is 317 g/mol. The lowest BCUT2D eigenvalue weighted by atomic mass is 10.2. The average molecular weight is 330 g/mol. The zero-order valence-corrected chi connectivity index (χ0v) is 13.1. The highest BCUT2D eigenvalue weighted by Crippen LogP contribution is 2.26. The van der Waals surface area contributed by atoms with Crippen LogP contribution in [0.3, 0.4) is 0 Å². The fourth-order valence-electron chi connectivity index (χ4n) is 1.71. The molecule has 0 fully saturated rings. The van der Waals surface area contributed by atoms with Crippen molar-refractivity contribution < 1.29 is 4.79 Å². The van der Waals surface area contributed by atoms with Gasteiger partial charge in [-0.3, -0.25) is 4.79 Å². The number of amides is 1. The van der Waals surface area contributed by atoms with Crippen molar-refractivity contribution in [3.63, 3.8) is 0 Å². The summed E-state index contributed by atoms with van der Waals surface area (Å²) in [6.45, 7) is 0.401. The highest BCUT2D eigenvalue weighted by molar-refractivity contribution is 7.13. The van der Waals surface area contributed by atoms with Gasteiger partial charge >= 0.3 is 0 Å². The Balaban J connectivity index is 2.02. The standard InChI is InChI=1S/C13H13Cl2N3OS/c1-18(6-8-3-2-4-10(14)12(8)15)11(19)5-9-7-20-13(16)17-9/h2-4,7H,5-6H2,1H3,(H2,16,17). The first-order valence-electron chi connectivity index (χ1n) is 5.84. The molecule has 0 spiro atoms. The number of halogens is 2. The Hall–Kier alpha value is -1.30. The summed E-state index contributed by atoms with van der Waals surface area (Å²) in [7, 11) is 1.72. The molecule has 1 aromatic heterocycles. The molecule has 4 nitrogen and oxygen atoms in total. The van der Waals surface area contributed by atoms with Gasteiger partial charge in [-0.15, -0.1) is 11.3 Å². The van der Waals surface area contributed by atoms with Gasteiger partial charge in [0.2, 0.25) is 5.91 Å². The second-order valence-corrected chi connectivity index (χ2v) is 5.99. The van der Waals surface area contributed by atoms with Crippen molar-refractivity contribution >= 4 is 45.6 Å². The maximum atomic E-state index is 12.1. The van der Waals surface area contributed by atoms with Gasteiger partial charge in [-0.25, -0.2) is 4.98 Å². The molecule has 0 radical (unpaired) electrons. The molecule has 1 heterocycles. The van der Waals surface area contributed by atoms with Crippen LogP contribution in [0.4, 0.5) is 5.13 Å². The molecule has 106 valence electrons. The molecule has 0 aliphatic carbocycles. The van der Waals surface area contributed by atoms with E-state index in [0.29, 0.717) is 27.4 Å². The number of likely N-dealkylation sites (N-methyl/N-ethyl adjacent to an activating group) is 1. The lowest BCUT2D eigenvalue weighted by Crippen LogP contribution is -2.28. The van der Waals surface area contributed by atoms with Crippen LogP contribution >= 0.6 is 34.5 Å². The average Bonchev–Trinajstić information content (AvgIpc) is 2.80. The highest BCUT2D eigenvalue weighted by Gasteiger charge is 2.14. The second-order valence-electron chi connectivity index (χ2n) is 4.32. The fourth-order valence-corrected chi connectivity index (χ4v) is 2.65. The molecule has 1 amide bonds. The number of nitrogens with two attached hydrogens (primary N) is 1. The summed E-state index contributed by atoms with van der Waals surface area (Å²) in [6.07, 6.45) is 0.225. The van der Waals surface area contributed by atoms with E-state index in [-0.39, 0.29) is 12.3 Å². The first-order chi connectivity index (χ1) is 9.47. The summed E-state index contributed by atoms with van der Waals surface area (Å²) in [5.74, 6) is -0.0497. The van der Waals surface area contributed by atoms with Gasteiger partial charge < -0.3 is 10.6 Å². The zero-order chi connectivity index (χ0) is 14.7. The smallest absolute Gasteiger partial charge is 0.228 e. The molecule has 0 aliphatic heterocycles. The molecule has 7 heteroatoms. The number of nitrogens with zero attached hydrogens (tertiary/aromatic N) is 2. The summed E-state index contributed by atoms with van der Waals surface area (Å²) in [4.78, 5) is 17.8. The SMILES string of the molecule is CN(Cc1cccc(Cl)c1Cl)C(=O)Cc1csc(N)n1. The number of aromatic nitrogens is 1. The summed E-state index contributed by atoms with van der Waals surface area (Å²) in [5, 5.41) is 3.21. The Morgan fingerprint density at radius 3 is 2.85 bits per heavy atom. The molecular formula is C13H13Cl2N3OS. The predicted octanol–water partition coefficient (Wildman–Crippen LogP) is 3.23. The normalized spacial score (nSPS) is 10.6. The van der Waals surface area contributed by atoms with Crippen molar-refractivity contribution in [1.29, 1.82) is 0 Å². The van der Waals surface area contributed by atoms with E-state index in [1.165, 1.54) is 11.3 Å². The molecule has 0 bridgehead atoms. The van der Waals surface area contributed by atoms with Crippen LogP contribution < -0.4 is 5.73 Å². The molecule has 2 rings (SSSR count). The third-order valence-corrected chi connectivity index (χ3v) is 4.35. The lowest BCUT2D eigenvalue weighted by Gasteiger charge is -2.18. The molecule has 0 atom stereocenters. The molecule has 0 unspecified atom stereocenters. The van der Waals surface area contributed by atoms with Crippen LogP contribution in [0.25, 0.3) is 0 Å². The van der Waals surface area contributed by atoms with Crippen molar-refractivity contribution in [3.8, 4) is 0 Å². The molecule has 2 N–H and O–H groups in total. The first kappa shape index (κ1) is 15.1. The predicted molar refractivity (Wildman–Crippen MR) is 83.2 cm³/mol. The van der Waals surface area contributed by atoms with Gasteiger partial charge in [0, 0.05) is 19.0 Å². The number of carbonyl (C=O) groups excluding carboxylic acids is 1. The minimum Gasteiger partial charge on any atom is -0.375 e. The lowest BCUT2D eigenvalue weighted by molar-refractivity contribution is -0.129. The second kappa shape index (κ2) is 6.43. The maximum Gasteiger partial charge on any atom is 0.228 e. The Morgan fingerprint density at radius 1 is 1.45 bits per heavy atom. The summed E-state index contributed by atoms with van der Waals surface area (Å²) in [5.41, 5.74) is 7.04. The Morgan fingerprint density at radius 2 is 2.20 bits per heavy atom. The van der Waals surface area contributed by atoms with Crippen LogP contribution in [0, 0.1) is 0 Å². The molecule has 20 heavy (non-hydrogen) atoms. The number of carbonyl (C=O) groups is 1. The third-order valence-electron chi connectivity index (χ3n) is 2.77. The Kier molecular flexibility index (Phi) is 4.86. The molecule has 1 aromatic carbocycles. The van der Waals surface area contributed by atoms with E-state index < -0.39 is 0 Å². The topological polar surface area (TPSA) is 59.2 Å². The van der Waals surface area contributed by atoms with Crippen LogP contribution in [0.5, 0.6) is 0 Å². The third kappa shape index (κ3) is 3.62. The number of hydrogen-bond acceptors (Lipinski definition) is 4. The fraction of sp³-hybridized carbons (Fsp3) is 0.231. The minimum atomic E-state index is -0.0497. The first-order valence-corrected chi connectivity index (χ1v) is 7.47. The molecule has 0 saturated heterocycles. The van der Waals surface area contributed by atoms with E-state index in [2.05, 4.69) is 4.98 Å². The van der Waals surface area contributed by atoms with Crippen molar-refractivity contribution in [2.75, 3.05) is 12.8 Å². The van der Waals surface area contributed by atoms with E-state index in [9.17, 15) is 4.79 Å². The van der Waals surface area contributed by atoms with Gasteiger partial charge in [0.15, 0.2) is 5.13 Å². The molecule has 2 aromatic rings. The van der Waals surface area contributed by atoms with Crippen LogP contribution in [0.2, 0.25) is 10.0 Å². The van der Waals surface area contributed by atoms with Crippen LogP contribution in [0.15, 0.2) is 23.6 Å². The minimum absolute atomic E-state index is 0.0497. The number of nitrogen functional groups attached to an aromatic ring is 1. The number of benzene rings is 1. The number of rotatable bonds is 4. The Labute approximate surface area is 131 Å². The summed E-state index contributed by atoms with van der Waals surface area (Å²) in [6, 6.07) is 5.37. The van der Waals surface area contributed by atoms with Gasteiger partial charge in [0.05, 0.1) is 22.2 Å². The molecule has 0 aliphatic rings. The van der Waals surface area contributed by atoms with Crippen LogP contribution in [-0.2, 0) is 17.8 Å². The van der Waals surface area contributed by atoms with Crippen molar-refractivity contribution in [2.24, 2.45) is 0 Å². The maximum absolute atomic E-state index is 12.1. The van der Waals surface area contributed by atoms with E-state index in [1.807, 2.05) is 12.1 Å². The van der Waals surface area contributed by atoms with Gasteiger partial charge in [-0.2, -0.15) is 0 Å². The monoisotopic (exact) mass is 329 g/mol. The van der Waals surface area contributed by atoms with E-state index in [0.717, 1.165) is 5.56 Å². The van der Waals surface area contributed by atoms with Crippen LogP contribution in [-0.4, -0.2) is 22.8 Å². The van der Waals surface area contributed by atoms with Gasteiger partial charge in [0.1, 0.15) is 0 Å². The number of anilines is 1. The van der Waals surface area contributed by atoms with Crippen molar-refractivity contribution in [3.05, 3.63) is 44.9 Å². The summed E-state index contributed by atoms with van der Waals surface area (Å²) < 4.78 is 0. The largest absolute Gasteiger partial charge is 0.375 e. The van der Waals surface area contributed by atoms with Crippen molar-refractivity contribution in [2.45, 2.75) is 13.0 Å². The van der Waals surface area contributed by atoms with E-state index in [4.69, 9.17) is 28.9 Å². The van der Waals surface area contributed by atoms with Gasteiger partial charge in [-0.1, -0.05) is 35.3 Å². The van der Waals surface area contributed by atoms with Crippen LogP contribution in [0.1, 0.15) is 11.3 Å². The number of thiazole rings is 1. The zero-order valence-electron chi connectivity index (χ0n) is 10.8. The Bertz CT molecular complexity index is 630. The highest BCUT2D eigenvalue weighted by atomic mass is 35.5. The van der Waals surface area contributed by atoms with Gasteiger partial charge in [0.25, 0.3) is 0 Å². The van der Waals surface area contributed by atoms with Crippen molar-refractivity contribution in [1.82, 2.24) is 9.88 Å². The number of hydrogen-bond donors (Lipinski definition) is 1. The summed E-state index contributed by atoms with van der Waals surface area (Å²) >= 11 is 13.4.